The molecule has 1 amide bonds. The lowest BCUT2D eigenvalue weighted by atomic mass is 10.3. The Kier molecular flexibility index (Phi) is 4.40. The van der Waals surface area contributed by atoms with E-state index in [0.717, 1.165) is 19.6 Å². The van der Waals surface area contributed by atoms with Gasteiger partial charge in [0, 0.05) is 25.4 Å². The normalized spacial score (nSPS) is 16.7. The van der Waals surface area contributed by atoms with Gasteiger partial charge in [-0.25, -0.2) is 4.98 Å². The fourth-order valence-electron chi connectivity index (χ4n) is 1.51. The molecule has 1 aliphatic heterocycles. The lowest BCUT2D eigenvalue weighted by Crippen LogP contribution is -2.32. The summed E-state index contributed by atoms with van der Waals surface area (Å²) < 4.78 is 10.7. The molecule has 0 radical (unpaired) electrons. The zero-order chi connectivity index (χ0) is 11.9. The molecule has 6 heteroatoms. The van der Waals surface area contributed by atoms with Crippen LogP contribution >= 0.6 is 0 Å². The van der Waals surface area contributed by atoms with Crippen molar-refractivity contribution in [3.63, 3.8) is 0 Å². The van der Waals surface area contributed by atoms with E-state index < -0.39 is 0 Å². The van der Waals surface area contributed by atoms with Gasteiger partial charge >= 0.3 is 0 Å². The smallest absolute Gasteiger partial charge is 0.271 e. The Morgan fingerprint density at radius 3 is 2.94 bits per heavy atom. The van der Waals surface area contributed by atoms with Gasteiger partial charge in [-0.3, -0.25) is 9.78 Å². The first-order chi connectivity index (χ1) is 8.36. The molecular formula is C11H15N3O3. The second kappa shape index (κ2) is 6.27. The number of nitrogens with zero attached hydrogens (tertiary/aromatic N) is 2. The molecule has 1 aromatic heterocycles. The summed E-state index contributed by atoms with van der Waals surface area (Å²) in [6, 6.07) is 0. The van der Waals surface area contributed by atoms with E-state index in [1.807, 2.05) is 0 Å². The molecule has 1 aliphatic rings. The van der Waals surface area contributed by atoms with Crippen LogP contribution in [0.15, 0.2) is 18.6 Å². The molecule has 0 aromatic carbocycles. The zero-order valence-corrected chi connectivity index (χ0v) is 9.46. The molecule has 0 saturated carbocycles. The summed E-state index contributed by atoms with van der Waals surface area (Å²) in [5.74, 6) is -0.228. The van der Waals surface area contributed by atoms with Crippen LogP contribution in [0.4, 0.5) is 0 Å². The first-order valence-corrected chi connectivity index (χ1v) is 5.63. The van der Waals surface area contributed by atoms with Gasteiger partial charge in [-0.05, 0) is 6.42 Å². The van der Waals surface area contributed by atoms with Crippen molar-refractivity contribution < 1.29 is 14.3 Å². The van der Waals surface area contributed by atoms with Gasteiger partial charge in [0.05, 0.1) is 19.4 Å². The Bertz CT molecular complexity index is 352. The number of carbonyl (C=O) groups excluding carboxylic acids is 1. The summed E-state index contributed by atoms with van der Waals surface area (Å²) in [7, 11) is 0. The number of hydrogen-bond acceptors (Lipinski definition) is 5. The third-order valence-corrected chi connectivity index (χ3v) is 2.36. The predicted molar refractivity (Wildman–Crippen MR) is 59.3 cm³/mol. The Morgan fingerprint density at radius 2 is 2.24 bits per heavy atom. The zero-order valence-electron chi connectivity index (χ0n) is 9.46. The van der Waals surface area contributed by atoms with Gasteiger partial charge in [0.1, 0.15) is 5.69 Å². The molecule has 2 heterocycles. The number of rotatable bonds is 4. The maximum Gasteiger partial charge on any atom is 0.271 e. The minimum Gasteiger partial charge on any atom is -0.353 e. The maximum atomic E-state index is 11.6. The van der Waals surface area contributed by atoms with Crippen molar-refractivity contribution in [1.29, 1.82) is 0 Å². The standard InChI is InChI=1S/C11H15N3O3/c15-11(9-8-12-4-5-13-9)14-3-2-10-16-6-1-7-17-10/h4-5,8,10H,1-3,6-7H2,(H,14,15). The van der Waals surface area contributed by atoms with Crippen molar-refractivity contribution in [2.45, 2.75) is 19.1 Å². The lowest BCUT2D eigenvalue weighted by Gasteiger charge is -2.23. The number of nitrogens with one attached hydrogen (secondary N) is 1. The molecule has 6 nitrogen and oxygen atoms in total. The fraction of sp³-hybridized carbons (Fsp3) is 0.545. The van der Waals surface area contributed by atoms with E-state index in [1.54, 1.807) is 0 Å². The van der Waals surface area contributed by atoms with Crippen molar-refractivity contribution in [3.8, 4) is 0 Å². The molecule has 1 aromatic rings. The highest BCUT2D eigenvalue weighted by Gasteiger charge is 2.14. The molecule has 92 valence electrons. The monoisotopic (exact) mass is 237 g/mol. The molecule has 2 rings (SSSR count). The topological polar surface area (TPSA) is 73.3 Å². The summed E-state index contributed by atoms with van der Waals surface area (Å²) in [5, 5.41) is 2.74. The van der Waals surface area contributed by atoms with Crippen LogP contribution in [0.1, 0.15) is 23.3 Å². The third-order valence-electron chi connectivity index (χ3n) is 2.36. The summed E-state index contributed by atoms with van der Waals surface area (Å²) in [5.41, 5.74) is 0.318. The number of carbonyl (C=O) groups is 1. The van der Waals surface area contributed by atoms with Gasteiger partial charge < -0.3 is 14.8 Å². The summed E-state index contributed by atoms with van der Waals surface area (Å²) in [6.07, 6.45) is 5.83. The predicted octanol–water partition coefficient (Wildman–Crippen LogP) is 0.359. The quantitative estimate of drug-likeness (QED) is 0.818. The van der Waals surface area contributed by atoms with Crippen LogP contribution in [0.3, 0.4) is 0 Å². The van der Waals surface area contributed by atoms with Crippen LogP contribution in [0.5, 0.6) is 0 Å². The average molecular weight is 237 g/mol. The molecule has 0 unspecified atom stereocenters. The average Bonchev–Trinajstić information content (AvgIpc) is 2.41. The highest BCUT2D eigenvalue weighted by Crippen LogP contribution is 2.07. The number of aromatic nitrogens is 2. The minimum absolute atomic E-state index is 0.203. The number of hydrogen-bond donors (Lipinski definition) is 1. The van der Waals surface area contributed by atoms with E-state index in [4.69, 9.17) is 9.47 Å². The molecule has 17 heavy (non-hydrogen) atoms. The Labute approximate surface area is 99.4 Å². The summed E-state index contributed by atoms with van der Waals surface area (Å²) in [4.78, 5) is 19.3. The second-order valence-corrected chi connectivity index (χ2v) is 3.66. The second-order valence-electron chi connectivity index (χ2n) is 3.66. The fourth-order valence-corrected chi connectivity index (χ4v) is 1.51. The van der Waals surface area contributed by atoms with Gasteiger partial charge in [0.15, 0.2) is 6.29 Å². The third kappa shape index (κ3) is 3.76. The van der Waals surface area contributed by atoms with Crippen LogP contribution in [0, 0.1) is 0 Å². The van der Waals surface area contributed by atoms with E-state index in [1.165, 1.54) is 18.6 Å². The first-order valence-electron chi connectivity index (χ1n) is 5.63. The molecule has 0 atom stereocenters. The Balaban J connectivity index is 1.69. The van der Waals surface area contributed by atoms with Gasteiger partial charge in [-0.1, -0.05) is 0 Å². The highest BCUT2D eigenvalue weighted by atomic mass is 16.7. The number of ether oxygens (including phenoxy) is 2. The minimum atomic E-state index is -0.228. The van der Waals surface area contributed by atoms with E-state index in [9.17, 15) is 4.79 Å². The molecule has 0 spiro atoms. The Morgan fingerprint density at radius 1 is 1.41 bits per heavy atom. The van der Waals surface area contributed by atoms with Gasteiger partial charge in [-0.15, -0.1) is 0 Å². The van der Waals surface area contributed by atoms with Gasteiger partial charge in [-0.2, -0.15) is 0 Å². The van der Waals surface area contributed by atoms with E-state index in [2.05, 4.69) is 15.3 Å². The largest absolute Gasteiger partial charge is 0.353 e. The van der Waals surface area contributed by atoms with Gasteiger partial charge in [0.2, 0.25) is 0 Å². The SMILES string of the molecule is O=C(NCCC1OCCCO1)c1cnccn1. The van der Waals surface area contributed by atoms with Gasteiger partial charge in [0.25, 0.3) is 5.91 Å². The van der Waals surface area contributed by atoms with E-state index in [-0.39, 0.29) is 12.2 Å². The van der Waals surface area contributed by atoms with Crippen molar-refractivity contribution in [2.75, 3.05) is 19.8 Å². The molecule has 1 fully saturated rings. The van der Waals surface area contributed by atoms with E-state index >= 15 is 0 Å². The Hall–Kier alpha value is -1.53. The molecular weight excluding hydrogens is 222 g/mol. The van der Waals surface area contributed by atoms with Crippen molar-refractivity contribution in [2.24, 2.45) is 0 Å². The highest BCUT2D eigenvalue weighted by molar-refractivity contribution is 5.91. The summed E-state index contributed by atoms with van der Waals surface area (Å²) >= 11 is 0. The molecule has 1 N–H and O–H groups in total. The van der Waals surface area contributed by atoms with Crippen molar-refractivity contribution >= 4 is 5.91 Å². The molecule has 0 bridgehead atoms. The van der Waals surface area contributed by atoms with Crippen LogP contribution in [0.2, 0.25) is 0 Å². The summed E-state index contributed by atoms with van der Waals surface area (Å²) in [6.45, 7) is 1.95. The number of amides is 1. The first kappa shape index (κ1) is 11.9. The van der Waals surface area contributed by atoms with Crippen LogP contribution < -0.4 is 5.32 Å². The van der Waals surface area contributed by atoms with Crippen molar-refractivity contribution in [3.05, 3.63) is 24.3 Å². The maximum absolute atomic E-state index is 11.6. The van der Waals surface area contributed by atoms with Crippen LogP contribution in [-0.2, 0) is 9.47 Å². The lowest BCUT2D eigenvalue weighted by molar-refractivity contribution is -0.180. The molecule has 1 saturated heterocycles. The van der Waals surface area contributed by atoms with Crippen molar-refractivity contribution in [1.82, 2.24) is 15.3 Å². The van der Waals surface area contributed by atoms with Crippen LogP contribution in [0.25, 0.3) is 0 Å². The molecule has 0 aliphatic carbocycles. The van der Waals surface area contributed by atoms with E-state index in [0.29, 0.717) is 18.7 Å². The van der Waals surface area contributed by atoms with Crippen LogP contribution in [-0.4, -0.2) is 41.9 Å².